The molecule has 5 nitrogen and oxygen atoms in total. The zero-order valence-electron chi connectivity index (χ0n) is 16.5. The molecule has 0 bridgehead atoms. The first kappa shape index (κ1) is 17.9. The van der Waals surface area contributed by atoms with E-state index in [4.69, 9.17) is 4.42 Å². The van der Waals surface area contributed by atoms with E-state index in [1.807, 2.05) is 6.07 Å². The van der Waals surface area contributed by atoms with E-state index in [1.165, 1.54) is 11.8 Å². The lowest BCUT2D eigenvalue weighted by Crippen LogP contribution is -2.57. The highest BCUT2D eigenvalue weighted by molar-refractivity contribution is 5.93. The van der Waals surface area contributed by atoms with Crippen LogP contribution in [0.2, 0.25) is 0 Å². The number of rotatable bonds is 3. The van der Waals surface area contributed by atoms with Crippen molar-refractivity contribution in [3.63, 3.8) is 0 Å². The second-order valence-electron chi connectivity index (χ2n) is 8.17. The fraction of sp³-hybridized carbons (Fsp3) is 0.261. The number of hydrogen-bond acceptors (Lipinski definition) is 4. The van der Waals surface area contributed by atoms with Crippen LogP contribution in [0.5, 0.6) is 0 Å². The van der Waals surface area contributed by atoms with Crippen molar-refractivity contribution >= 4 is 16.6 Å². The van der Waals surface area contributed by atoms with Crippen LogP contribution in [0, 0.1) is 5.82 Å². The maximum Gasteiger partial charge on any atom is 0.227 e. The van der Waals surface area contributed by atoms with Gasteiger partial charge >= 0.3 is 0 Å². The SMILES string of the molecule is CC1(C)CN(c2ccc(-c3cnc(-c4ccc(F)c5[nH]ccc45)o3)cc2)CCN1. The Morgan fingerprint density at radius 3 is 2.72 bits per heavy atom. The van der Waals surface area contributed by atoms with Crippen LogP contribution in [0.1, 0.15) is 13.8 Å². The van der Waals surface area contributed by atoms with Gasteiger partial charge in [-0.15, -0.1) is 0 Å². The summed E-state index contributed by atoms with van der Waals surface area (Å²) in [5.74, 6) is 0.893. The van der Waals surface area contributed by atoms with Crippen LogP contribution in [0.4, 0.5) is 10.1 Å². The first-order chi connectivity index (χ1) is 14.0. The lowest BCUT2D eigenvalue weighted by atomic mass is 10.0. The van der Waals surface area contributed by atoms with E-state index in [1.54, 1.807) is 18.5 Å². The number of fused-ring (bicyclic) bond motifs is 1. The molecule has 1 saturated heterocycles. The van der Waals surface area contributed by atoms with E-state index in [0.717, 1.165) is 36.1 Å². The van der Waals surface area contributed by atoms with Crippen LogP contribution < -0.4 is 10.2 Å². The Kier molecular flexibility index (Phi) is 4.17. The number of nitrogens with one attached hydrogen (secondary N) is 2. The molecule has 6 heteroatoms. The van der Waals surface area contributed by atoms with Crippen molar-refractivity contribution in [3.8, 4) is 22.8 Å². The Labute approximate surface area is 168 Å². The van der Waals surface area contributed by atoms with Crippen LogP contribution in [0.15, 0.2) is 59.3 Å². The highest BCUT2D eigenvalue weighted by atomic mass is 19.1. The molecule has 0 radical (unpaired) electrons. The van der Waals surface area contributed by atoms with Gasteiger partial charge in [-0.05, 0) is 56.3 Å². The van der Waals surface area contributed by atoms with Crippen molar-refractivity contribution in [2.75, 3.05) is 24.5 Å². The zero-order chi connectivity index (χ0) is 20.0. The summed E-state index contributed by atoms with van der Waals surface area (Å²) >= 11 is 0. The largest absolute Gasteiger partial charge is 0.436 e. The number of oxazole rings is 1. The van der Waals surface area contributed by atoms with Crippen LogP contribution >= 0.6 is 0 Å². The Bertz CT molecular complexity index is 1160. The second kappa shape index (κ2) is 6.74. The maximum atomic E-state index is 13.9. The molecule has 148 valence electrons. The molecule has 0 unspecified atom stereocenters. The van der Waals surface area contributed by atoms with Crippen molar-refractivity contribution in [2.24, 2.45) is 0 Å². The number of anilines is 1. The summed E-state index contributed by atoms with van der Waals surface area (Å²) in [6, 6.07) is 13.3. The van der Waals surface area contributed by atoms with Crippen molar-refractivity contribution < 1.29 is 8.81 Å². The van der Waals surface area contributed by atoms with Gasteiger partial charge in [-0.3, -0.25) is 0 Å². The number of aromatic nitrogens is 2. The molecular weight excluding hydrogens is 367 g/mol. The number of benzene rings is 2. The second-order valence-corrected chi connectivity index (χ2v) is 8.17. The molecule has 0 saturated carbocycles. The summed E-state index contributed by atoms with van der Waals surface area (Å²) in [5.41, 5.74) is 3.51. The van der Waals surface area contributed by atoms with E-state index in [-0.39, 0.29) is 11.4 Å². The van der Waals surface area contributed by atoms with Crippen molar-refractivity contribution in [1.29, 1.82) is 0 Å². The van der Waals surface area contributed by atoms with E-state index in [9.17, 15) is 4.39 Å². The fourth-order valence-corrected chi connectivity index (χ4v) is 4.04. The van der Waals surface area contributed by atoms with Gasteiger partial charge in [0.05, 0.1) is 11.7 Å². The first-order valence-corrected chi connectivity index (χ1v) is 9.82. The minimum Gasteiger partial charge on any atom is -0.436 e. The van der Waals surface area contributed by atoms with Gasteiger partial charge in [-0.2, -0.15) is 0 Å². The lowest BCUT2D eigenvalue weighted by molar-refractivity contribution is 0.353. The molecule has 29 heavy (non-hydrogen) atoms. The average molecular weight is 390 g/mol. The number of nitrogens with zero attached hydrogens (tertiary/aromatic N) is 2. The van der Waals surface area contributed by atoms with Crippen molar-refractivity contribution in [2.45, 2.75) is 19.4 Å². The molecule has 2 aromatic carbocycles. The summed E-state index contributed by atoms with van der Waals surface area (Å²) in [6.07, 6.45) is 3.44. The molecule has 1 aliphatic heterocycles. The summed E-state index contributed by atoms with van der Waals surface area (Å²) in [7, 11) is 0. The molecule has 0 aliphatic carbocycles. The molecule has 1 aliphatic rings. The minimum atomic E-state index is -0.285. The number of H-pyrrole nitrogens is 1. The molecule has 4 aromatic rings. The third-order valence-electron chi connectivity index (χ3n) is 5.50. The highest BCUT2D eigenvalue weighted by Crippen LogP contribution is 2.32. The van der Waals surface area contributed by atoms with Crippen LogP contribution in [0.3, 0.4) is 0 Å². The van der Waals surface area contributed by atoms with Crippen LogP contribution in [-0.4, -0.2) is 35.1 Å². The van der Waals surface area contributed by atoms with Gasteiger partial charge < -0.3 is 19.6 Å². The summed E-state index contributed by atoms with van der Waals surface area (Å²) < 4.78 is 20.0. The van der Waals surface area contributed by atoms with Gasteiger partial charge in [0.2, 0.25) is 5.89 Å². The molecule has 5 rings (SSSR count). The zero-order valence-corrected chi connectivity index (χ0v) is 16.5. The lowest BCUT2D eigenvalue weighted by Gasteiger charge is -2.40. The number of hydrogen-bond donors (Lipinski definition) is 2. The molecule has 1 fully saturated rings. The third-order valence-corrected chi connectivity index (χ3v) is 5.50. The van der Waals surface area contributed by atoms with Gasteiger partial charge in [-0.25, -0.2) is 9.37 Å². The fourth-order valence-electron chi connectivity index (χ4n) is 4.04. The third kappa shape index (κ3) is 3.29. The number of aromatic amines is 1. The van der Waals surface area contributed by atoms with Gasteiger partial charge in [0.1, 0.15) is 5.82 Å². The van der Waals surface area contributed by atoms with E-state index in [0.29, 0.717) is 17.2 Å². The summed E-state index contributed by atoms with van der Waals surface area (Å²) in [5, 5.41) is 4.30. The first-order valence-electron chi connectivity index (χ1n) is 9.82. The van der Waals surface area contributed by atoms with E-state index in [2.05, 4.69) is 58.3 Å². The highest BCUT2D eigenvalue weighted by Gasteiger charge is 2.25. The van der Waals surface area contributed by atoms with Crippen LogP contribution in [-0.2, 0) is 0 Å². The topological polar surface area (TPSA) is 57.1 Å². The molecule has 3 heterocycles. The predicted octanol–water partition coefficient (Wildman–Crippen LogP) is 4.82. The Morgan fingerprint density at radius 1 is 1.10 bits per heavy atom. The van der Waals surface area contributed by atoms with E-state index < -0.39 is 0 Å². The molecule has 0 amide bonds. The van der Waals surface area contributed by atoms with Gasteiger partial charge in [0.15, 0.2) is 5.76 Å². The summed E-state index contributed by atoms with van der Waals surface area (Å²) in [6.45, 7) is 7.38. The van der Waals surface area contributed by atoms with Crippen LogP contribution in [0.25, 0.3) is 33.7 Å². The Balaban J connectivity index is 1.42. The molecule has 2 aromatic heterocycles. The molecule has 0 atom stereocenters. The molecular formula is C23H23FN4O. The van der Waals surface area contributed by atoms with Crippen molar-refractivity contribution in [3.05, 3.63) is 60.7 Å². The van der Waals surface area contributed by atoms with Gasteiger partial charge in [0.25, 0.3) is 0 Å². The normalized spacial score (nSPS) is 16.4. The van der Waals surface area contributed by atoms with Gasteiger partial charge in [-0.1, -0.05) is 0 Å². The molecule has 2 N–H and O–H groups in total. The maximum absolute atomic E-state index is 13.9. The number of piperazine rings is 1. The average Bonchev–Trinajstić information content (AvgIpc) is 3.38. The van der Waals surface area contributed by atoms with Gasteiger partial charge in [0, 0.05) is 53.6 Å². The quantitative estimate of drug-likeness (QED) is 0.527. The monoisotopic (exact) mass is 390 g/mol. The Morgan fingerprint density at radius 2 is 1.93 bits per heavy atom. The molecule has 0 spiro atoms. The van der Waals surface area contributed by atoms with E-state index >= 15 is 0 Å². The minimum absolute atomic E-state index is 0.107. The number of halogens is 1. The summed E-state index contributed by atoms with van der Waals surface area (Å²) in [4.78, 5) is 9.75. The predicted molar refractivity (Wildman–Crippen MR) is 113 cm³/mol. The smallest absolute Gasteiger partial charge is 0.227 e. The Hall–Kier alpha value is -3.12. The standard InChI is InChI=1S/C23H23FN4O/c1-23(2)14-28(12-11-27-23)16-5-3-15(4-6-16)20-13-26-22(29-20)18-7-8-19(24)21-17(18)9-10-25-21/h3-10,13,25,27H,11-12,14H2,1-2H3. The van der Waals surface area contributed by atoms with Crippen molar-refractivity contribution in [1.82, 2.24) is 15.3 Å².